The highest BCUT2D eigenvalue weighted by molar-refractivity contribution is 5.90. The first-order chi connectivity index (χ1) is 7.67. The van der Waals surface area contributed by atoms with Gasteiger partial charge in [-0.05, 0) is 25.1 Å². The average molecular weight is 219 g/mol. The van der Waals surface area contributed by atoms with Crippen molar-refractivity contribution in [2.24, 2.45) is 0 Å². The van der Waals surface area contributed by atoms with Crippen molar-refractivity contribution in [3.63, 3.8) is 0 Å². The fraction of sp³-hybridized carbons (Fsp3) is 0.250. The van der Waals surface area contributed by atoms with Crippen LogP contribution in [0.4, 0.5) is 0 Å². The van der Waals surface area contributed by atoms with Crippen LogP contribution in [-0.2, 0) is 0 Å². The van der Waals surface area contributed by atoms with Crippen LogP contribution >= 0.6 is 0 Å². The monoisotopic (exact) mass is 219 g/mol. The number of benzene rings is 1. The number of aromatic amines is 1. The Kier molecular flexibility index (Phi) is 2.56. The molecule has 2 rings (SSSR count). The predicted molar refractivity (Wildman–Crippen MR) is 62.4 cm³/mol. The fourth-order valence-corrected chi connectivity index (χ4v) is 1.79. The molecule has 0 aliphatic rings. The molecule has 0 aliphatic carbocycles. The molecule has 84 valence electrons. The van der Waals surface area contributed by atoms with Gasteiger partial charge in [-0.2, -0.15) is 0 Å². The van der Waals surface area contributed by atoms with Crippen molar-refractivity contribution in [3.8, 4) is 11.5 Å². The van der Waals surface area contributed by atoms with E-state index in [4.69, 9.17) is 9.47 Å². The summed E-state index contributed by atoms with van der Waals surface area (Å²) in [4.78, 5) is 14.5. The molecule has 4 nitrogen and oxygen atoms in total. The molecule has 1 aromatic carbocycles. The van der Waals surface area contributed by atoms with Crippen molar-refractivity contribution >= 4 is 10.8 Å². The van der Waals surface area contributed by atoms with E-state index in [0.29, 0.717) is 16.9 Å². The van der Waals surface area contributed by atoms with Crippen LogP contribution in [0.25, 0.3) is 10.8 Å². The van der Waals surface area contributed by atoms with Crippen LogP contribution < -0.4 is 15.0 Å². The summed E-state index contributed by atoms with van der Waals surface area (Å²) in [5, 5.41) is 1.37. The Labute approximate surface area is 92.8 Å². The van der Waals surface area contributed by atoms with Crippen molar-refractivity contribution in [1.29, 1.82) is 0 Å². The van der Waals surface area contributed by atoms with Gasteiger partial charge in [0.2, 0.25) is 0 Å². The zero-order valence-corrected chi connectivity index (χ0v) is 9.46. The molecule has 0 atom stereocenters. The van der Waals surface area contributed by atoms with Crippen LogP contribution in [-0.4, -0.2) is 19.2 Å². The number of ether oxygens (including phenoxy) is 2. The summed E-state index contributed by atoms with van der Waals surface area (Å²) in [6.07, 6.45) is 0. The standard InChI is InChI=1S/C12H13NO3/c1-7-6-9-8(12(14)13-7)4-5-10(15-2)11(9)16-3/h4-6H,1-3H3,(H,13,14). The zero-order valence-electron chi connectivity index (χ0n) is 9.46. The molecule has 0 saturated carbocycles. The maximum Gasteiger partial charge on any atom is 0.256 e. The molecule has 0 bridgehead atoms. The lowest BCUT2D eigenvalue weighted by Crippen LogP contribution is -2.08. The quantitative estimate of drug-likeness (QED) is 0.838. The summed E-state index contributed by atoms with van der Waals surface area (Å²) in [6.45, 7) is 1.83. The summed E-state index contributed by atoms with van der Waals surface area (Å²) in [6, 6.07) is 5.33. The number of nitrogens with one attached hydrogen (secondary N) is 1. The number of fused-ring (bicyclic) bond motifs is 1. The highest BCUT2D eigenvalue weighted by Gasteiger charge is 2.10. The van der Waals surface area contributed by atoms with E-state index >= 15 is 0 Å². The number of methoxy groups -OCH3 is 2. The Morgan fingerprint density at radius 3 is 2.50 bits per heavy atom. The maximum atomic E-state index is 11.7. The molecule has 0 unspecified atom stereocenters. The molecule has 1 aromatic heterocycles. The van der Waals surface area contributed by atoms with Crippen molar-refractivity contribution in [1.82, 2.24) is 4.98 Å². The van der Waals surface area contributed by atoms with Gasteiger partial charge in [-0.1, -0.05) is 0 Å². The first-order valence-electron chi connectivity index (χ1n) is 4.92. The van der Waals surface area contributed by atoms with Crippen LogP contribution in [0.1, 0.15) is 5.69 Å². The van der Waals surface area contributed by atoms with Crippen molar-refractivity contribution in [2.45, 2.75) is 6.92 Å². The Morgan fingerprint density at radius 1 is 1.12 bits per heavy atom. The predicted octanol–water partition coefficient (Wildman–Crippen LogP) is 1.85. The summed E-state index contributed by atoms with van der Waals surface area (Å²) in [5.41, 5.74) is 0.681. The summed E-state index contributed by atoms with van der Waals surface area (Å²) < 4.78 is 10.5. The third kappa shape index (κ3) is 1.52. The Morgan fingerprint density at radius 2 is 1.88 bits per heavy atom. The van der Waals surface area contributed by atoms with E-state index in [0.717, 1.165) is 11.1 Å². The SMILES string of the molecule is COc1ccc2c(=O)[nH]c(C)cc2c1OC. The third-order valence-corrected chi connectivity index (χ3v) is 2.50. The van der Waals surface area contributed by atoms with Crippen LogP contribution in [0.5, 0.6) is 11.5 Å². The minimum absolute atomic E-state index is 0.115. The minimum atomic E-state index is -0.115. The Bertz CT molecular complexity index is 587. The molecule has 4 heteroatoms. The smallest absolute Gasteiger partial charge is 0.256 e. The lowest BCUT2D eigenvalue weighted by molar-refractivity contribution is 0.358. The first kappa shape index (κ1) is 10.5. The topological polar surface area (TPSA) is 51.3 Å². The second-order valence-corrected chi connectivity index (χ2v) is 3.54. The van der Waals surface area contributed by atoms with Gasteiger partial charge < -0.3 is 14.5 Å². The molecule has 0 fully saturated rings. The molecule has 0 saturated heterocycles. The number of aryl methyl sites for hydroxylation is 1. The second-order valence-electron chi connectivity index (χ2n) is 3.54. The van der Waals surface area contributed by atoms with Crippen LogP contribution in [0.3, 0.4) is 0 Å². The van der Waals surface area contributed by atoms with E-state index in [1.165, 1.54) is 0 Å². The number of pyridine rings is 1. The van der Waals surface area contributed by atoms with E-state index < -0.39 is 0 Å². The van der Waals surface area contributed by atoms with Gasteiger partial charge >= 0.3 is 0 Å². The molecule has 1 N–H and O–H groups in total. The Balaban J connectivity index is 2.91. The number of rotatable bonds is 2. The lowest BCUT2D eigenvalue weighted by atomic mass is 10.1. The second kappa shape index (κ2) is 3.89. The molecule has 0 amide bonds. The number of H-pyrrole nitrogens is 1. The van der Waals surface area contributed by atoms with Gasteiger partial charge in [-0.3, -0.25) is 4.79 Å². The molecule has 16 heavy (non-hydrogen) atoms. The zero-order chi connectivity index (χ0) is 11.7. The van der Waals surface area contributed by atoms with E-state index in [1.807, 2.05) is 13.0 Å². The van der Waals surface area contributed by atoms with Gasteiger partial charge in [-0.15, -0.1) is 0 Å². The normalized spacial score (nSPS) is 10.4. The average Bonchev–Trinajstić information content (AvgIpc) is 2.27. The van der Waals surface area contributed by atoms with E-state index in [2.05, 4.69) is 4.98 Å². The van der Waals surface area contributed by atoms with Crippen molar-refractivity contribution < 1.29 is 9.47 Å². The van der Waals surface area contributed by atoms with E-state index in [9.17, 15) is 4.79 Å². The van der Waals surface area contributed by atoms with Gasteiger partial charge in [0.1, 0.15) is 0 Å². The van der Waals surface area contributed by atoms with Gasteiger partial charge in [0.25, 0.3) is 5.56 Å². The molecular weight excluding hydrogens is 206 g/mol. The molecule has 1 heterocycles. The first-order valence-corrected chi connectivity index (χ1v) is 4.92. The number of hydrogen-bond donors (Lipinski definition) is 1. The fourth-order valence-electron chi connectivity index (χ4n) is 1.79. The lowest BCUT2D eigenvalue weighted by Gasteiger charge is -2.10. The minimum Gasteiger partial charge on any atom is -0.493 e. The molecule has 0 radical (unpaired) electrons. The summed E-state index contributed by atoms with van der Waals surface area (Å²) >= 11 is 0. The maximum absolute atomic E-state index is 11.7. The van der Waals surface area contributed by atoms with Crippen LogP contribution in [0.2, 0.25) is 0 Å². The highest BCUT2D eigenvalue weighted by Crippen LogP contribution is 2.33. The summed E-state index contributed by atoms with van der Waals surface area (Å²) in [7, 11) is 3.14. The molecule has 0 spiro atoms. The number of hydrogen-bond acceptors (Lipinski definition) is 3. The van der Waals surface area contributed by atoms with Crippen molar-refractivity contribution in [2.75, 3.05) is 14.2 Å². The highest BCUT2D eigenvalue weighted by atomic mass is 16.5. The van der Waals surface area contributed by atoms with E-state index in [1.54, 1.807) is 26.4 Å². The van der Waals surface area contributed by atoms with Gasteiger partial charge in [0.05, 0.1) is 19.6 Å². The van der Waals surface area contributed by atoms with E-state index in [-0.39, 0.29) is 5.56 Å². The van der Waals surface area contributed by atoms with Gasteiger partial charge in [0, 0.05) is 11.1 Å². The van der Waals surface area contributed by atoms with Crippen LogP contribution in [0, 0.1) is 6.92 Å². The third-order valence-electron chi connectivity index (χ3n) is 2.50. The summed E-state index contributed by atoms with van der Waals surface area (Å²) in [5.74, 6) is 1.22. The molecule has 0 aliphatic heterocycles. The number of aromatic nitrogens is 1. The van der Waals surface area contributed by atoms with Gasteiger partial charge in [-0.25, -0.2) is 0 Å². The largest absolute Gasteiger partial charge is 0.493 e. The Hall–Kier alpha value is -1.97. The van der Waals surface area contributed by atoms with Gasteiger partial charge in [0.15, 0.2) is 11.5 Å². The van der Waals surface area contributed by atoms with Crippen LogP contribution in [0.15, 0.2) is 23.0 Å². The van der Waals surface area contributed by atoms with Crippen molar-refractivity contribution in [3.05, 3.63) is 34.2 Å². The molecule has 2 aromatic rings. The molecular formula is C12H13NO3.